The van der Waals surface area contributed by atoms with Crippen molar-refractivity contribution in [3.63, 3.8) is 0 Å². The number of nitrogens with zero attached hydrogens (tertiary/aromatic N) is 1. The number of rotatable bonds is 5. The Hall–Kier alpha value is -1.14. The maximum absolute atomic E-state index is 11.9. The molecule has 1 atom stereocenters. The van der Waals surface area contributed by atoms with Crippen LogP contribution in [0.2, 0.25) is 0 Å². The summed E-state index contributed by atoms with van der Waals surface area (Å²) in [5, 5.41) is 5.66. The van der Waals surface area contributed by atoms with Gasteiger partial charge in [0.2, 0.25) is 11.8 Å². The number of amides is 2. The molecular formula is C11H21N3O3. The van der Waals surface area contributed by atoms with E-state index in [0.717, 1.165) is 0 Å². The standard InChI is InChI=1S/C11H21N3O3/c1-3-13-11(16)9-8-17-7-6-14(9)10(15)4-5-12-2/h9,12H,3-8H2,1-2H3,(H,13,16). The van der Waals surface area contributed by atoms with Crippen LogP contribution in [-0.4, -0.2) is 62.7 Å². The van der Waals surface area contributed by atoms with E-state index in [1.54, 1.807) is 11.9 Å². The first kappa shape index (κ1) is 13.9. The molecule has 1 rings (SSSR count). The molecule has 6 nitrogen and oxygen atoms in total. The molecule has 17 heavy (non-hydrogen) atoms. The summed E-state index contributed by atoms with van der Waals surface area (Å²) in [7, 11) is 1.80. The minimum Gasteiger partial charge on any atom is -0.377 e. The molecule has 98 valence electrons. The van der Waals surface area contributed by atoms with Gasteiger partial charge >= 0.3 is 0 Å². The van der Waals surface area contributed by atoms with Gasteiger partial charge in [-0.05, 0) is 14.0 Å². The van der Waals surface area contributed by atoms with Crippen molar-refractivity contribution in [1.29, 1.82) is 0 Å². The Kier molecular flexibility index (Phi) is 5.93. The van der Waals surface area contributed by atoms with Crippen molar-refractivity contribution in [2.45, 2.75) is 19.4 Å². The maximum atomic E-state index is 11.9. The molecular weight excluding hydrogens is 222 g/mol. The van der Waals surface area contributed by atoms with Crippen molar-refractivity contribution in [1.82, 2.24) is 15.5 Å². The molecule has 0 aromatic rings. The van der Waals surface area contributed by atoms with E-state index in [0.29, 0.717) is 32.7 Å². The van der Waals surface area contributed by atoms with Gasteiger partial charge in [-0.1, -0.05) is 0 Å². The van der Waals surface area contributed by atoms with Crippen molar-refractivity contribution in [2.75, 3.05) is 39.9 Å². The van der Waals surface area contributed by atoms with Gasteiger partial charge < -0.3 is 20.3 Å². The number of ether oxygens (including phenoxy) is 1. The Morgan fingerprint density at radius 1 is 1.47 bits per heavy atom. The van der Waals surface area contributed by atoms with Crippen molar-refractivity contribution >= 4 is 11.8 Å². The van der Waals surface area contributed by atoms with Crippen LogP contribution in [0.3, 0.4) is 0 Å². The average Bonchev–Trinajstić information content (AvgIpc) is 2.36. The fourth-order valence-electron chi connectivity index (χ4n) is 1.79. The Morgan fingerprint density at radius 2 is 2.24 bits per heavy atom. The third-order valence-corrected chi connectivity index (χ3v) is 2.69. The molecule has 1 saturated heterocycles. The maximum Gasteiger partial charge on any atom is 0.245 e. The highest BCUT2D eigenvalue weighted by molar-refractivity contribution is 5.88. The van der Waals surface area contributed by atoms with Gasteiger partial charge in [0.05, 0.1) is 13.2 Å². The Labute approximate surface area is 102 Å². The molecule has 0 saturated carbocycles. The number of morpholine rings is 1. The van der Waals surface area contributed by atoms with Gasteiger partial charge in [-0.3, -0.25) is 9.59 Å². The summed E-state index contributed by atoms with van der Waals surface area (Å²) in [5.41, 5.74) is 0. The van der Waals surface area contributed by atoms with Gasteiger partial charge in [0.15, 0.2) is 0 Å². The van der Waals surface area contributed by atoms with Crippen LogP contribution in [0.5, 0.6) is 0 Å². The summed E-state index contributed by atoms with van der Waals surface area (Å²) in [6, 6.07) is -0.479. The topological polar surface area (TPSA) is 70.7 Å². The molecule has 0 aliphatic carbocycles. The third kappa shape index (κ3) is 3.98. The highest BCUT2D eigenvalue weighted by Crippen LogP contribution is 2.09. The van der Waals surface area contributed by atoms with Gasteiger partial charge in [0.1, 0.15) is 6.04 Å². The predicted octanol–water partition coefficient (Wildman–Crippen LogP) is -1.04. The van der Waals surface area contributed by atoms with Gasteiger partial charge in [0.25, 0.3) is 0 Å². The molecule has 1 unspecified atom stereocenters. The summed E-state index contributed by atoms with van der Waals surface area (Å²) in [6.07, 6.45) is 0.409. The Bertz CT molecular complexity index is 271. The zero-order valence-electron chi connectivity index (χ0n) is 10.5. The summed E-state index contributed by atoms with van der Waals surface area (Å²) in [4.78, 5) is 25.3. The largest absolute Gasteiger partial charge is 0.377 e. The lowest BCUT2D eigenvalue weighted by molar-refractivity contribution is -0.148. The molecule has 0 spiro atoms. The number of hydrogen-bond donors (Lipinski definition) is 2. The van der Waals surface area contributed by atoms with E-state index in [2.05, 4.69) is 10.6 Å². The second kappa shape index (κ2) is 7.24. The van der Waals surface area contributed by atoms with Gasteiger partial charge in [-0.15, -0.1) is 0 Å². The minimum atomic E-state index is -0.479. The lowest BCUT2D eigenvalue weighted by Crippen LogP contribution is -2.56. The Balaban J connectivity index is 2.58. The number of carbonyl (C=O) groups is 2. The molecule has 1 aliphatic heterocycles. The fourth-order valence-corrected chi connectivity index (χ4v) is 1.79. The van der Waals surface area contributed by atoms with Crippen LogP contribution in [0.4, 0.5) is 0 Å². The molecule has 0 radical (unpaired) electrons. The monoisotopic (exact) mass is 243 g/mol. The zero-order chi connectivity index (χ0) is 12.7. The van der Waals surface area contributed by atoms with E-state index in [1.165, 1.54) is 0 Å². The van der Waals surface area contributed by atoms with Crippen LogP contribution in [0, 0.1) is 0 Å². The van der Waals surface area contributed by atoms with E-state index in [1.807, 2.05) is 6.92 Å². The summed E-state index contributed by atoms with van der Waals surface area (Å²) >= 11 is 0. The lowest BCUT2D eigenvalue weighted by Gasteiger charge is -2.34. The first-order chi connectivity index (χ1) is 8.20. The van der Waals surface area contributed by atoms with E-state index in [9.17, 15) is 9.59 Å². The SMILES string of the molecule is CCNC(=O)C1COCCN1C(=O)CCNC. The highest BCUT2D eigenvalue weighted by atomic mass is 16.5. The number of carbonyl (C=O) groups excluding carboxylic acids is 2. The summed E-state index contributed by atoms with van der Waals surface area (Å²) in [5.74, 6) is -0.135. The van der Waals surface area contributed by atoms with Gasteiger partial charge in [0, 0.05) is 26.1 Å². The van der Waals surface area contributed by atoms with Crippen molar-refractivity contribution in [2.24, 2.45) is 0 Å². The normalized spacial score (nSPS) is 20.1. The van der Waals surface area contributed by atoms with Crippen LogP contribution in [0.25, 0.3) is 0 Å². The van der Waals surface area contributed by atoms with E-state index >= 15 is 0 Å². The van der Waals surface area contributed by atoms with Crippen molar-refractivity contribution in [3.8, 4) is 0 Å². The molecule has 0 aromatic carbocycles. The smallest absolute Gasteiger partial charge is 0.245 e. The van der Waals surface area contributed by atoms with Crippen LogP contribution in [0.15, 0.2) is 0 Å². The second-order valence-electron chi connectivity index (χ2n) is 3.93. The quantitative estimate of drug-likeness (QED) is 0.647. The number of likely N-dealkylation sites (N-methyl/N-ethyl adjacent to an activating group) is 1. The van der Waals surface area contributed by atoms with Gasteiger partial charge in [-0.2, -0.15) is 0 Å². The third-order valence-electron chi connectivity index (χ3n) is 2.69. The molecule has 2 amide bonds. The predicted molar refractivity (Wildman–Crippen MR) is 63.5 cm³/mol. The van der Waals surface area contributed by atoms with Gasteiger partial charge in [-0.25, -0.2) is 0 Å². The highest BCUT2D eigenvalue weighted by Gasteiger charge is 2.31. The second-order valence-corrected chi connectivity index (χ2v) is 3.93. The van der Waals surface area contributed by atoms with E-state index in [-0.39, 0.29) is 18.4 Å². The van der Waals surface area contributed by atoms with Crippen molar-refractivity contribution in [3.05, 3.63) is 0 Å². The molecule has 6 heteroatoms. The van der Waals surface area contributed by atoms with Crippen LogP contribution in [-0.2, 0) is 14.3 Å². The fraction of sp³-hybridized carbons (Fsp3) is 0.818. The number of hydrogen-bond acceptors (Lipinski definition) is 4. The molecule has 1 fully saturated rings. The minimum absolute atomic E-state index is 0.00102. The van der Waals surface area contributed by atoms with Crippen molar-refractivity contribution < 1.29 is 14.3 Å². The van der Waals surface area contributed by atoms with Crippen LogP contribution >= 0.6 is 0 Å². The van der Waals surface area contributed by atoms with E-state index in [4.69, 9.17) is 4.74 Å². The summed E-state index contributed by atoms with van der Waals surface area (Å²) < 4.78 is 5.26. The van der Waals surface area contributed by atoms with E-state index < -0.39 is 6.04 Å². The molecule has 0 bridgehead atoms. The Morgan fingerprint density at radius 3 is 2.88 bits per heavy atom. The molecule has 2 N–H and O–H groups in total. The molecule has 1 heterocycles. The summed E-state index contributed by atoms with van der Waals surface area (Å²) in [6.45, 7) is 4.32. The zero-order valence-corrected chi connectivity index (χ0v) is 10.5. The first-order valence-corrected chi connectivity index (χ1v) is 6.00. The molecule has 1 aliphatic rings. The average molecular weight is 243 g/mol. The lowest BCUT2D eigenvalue weighted by atomic mass is 10.2. The van der Waals surface area contributed by atoms with Crippen LogP contribution < -0.4 is 10.6 Å². The first-order valence-electron chi connectivity index (χ1n) is 6.00. The molecule has 0 aromatic heterocycles. The number of nitrogens with one attached hydrogen (secondary N) is 2. The van der Waals surface area contributed by atoms with Crippen LogP contribution in [0.1, 0.15) is 13.3 Å².